The lowest BCUT2D eigenvalue weighted by Gasteiger charge is -2.38. The normalized spacial score (nSPS) is 22.4. The molecule has 1 aromatic rings. The van der Waals surface area contributed by atoms with E-state index >= 15 is 0 Å². The average molecular weight is 290 g/mol. The number of nitrogens with two attached hydrogens (primary N) is 1. The van der Waals surface area contributed by atoms with E-state index in [2.05, 4.69) is 28.1 Å². The van der Waals surface area contributed by atoms with Crippen molar-refractivity contribution in [2.75, 3.05) is 43.6 Å². The highest BCUT2D eigenvalue weighted by atomic mass is 32.2. The Hall–Kier alpha value is -0.860. The van der Waals surface area contributed by atoms with E-state index in [9.17, 15) is 8.42 Å². The quantitative estimate of drug-likeness (QED) is 0.842. The molecule has 2 heterocycles. The van der Waals surface area contributed by atoms with Crippen LogP contribution in [0.1, 0.15) is 6.92 Å². The SMILES string of the molecule is CC1CN(c2snc(N)c2S(C)(=O)=O)CCN1C. The van der Waals surface area contributed by atoms with Gasteiger partial charge in [0.2, 0.25) is 0 Å². The van der Waals surface area contributed by atoms with Gasteiger partial charge in [0.25, 0.3) is 0 Å². The summed E-state index contributed by atoms with van der Waals surface area (Å²) in [5.74, 6) is 0.115. The minimum atomic E-state index is -3.33. The van der Waals surface area contributed by atoms with E-state index in [0.717, 1.165) is 19.6 Å². The summed E-state index contributed by atoms with van der Waals surface area (Å²) in [7, 11) is -1.26. The molecule has 1 aromatic heterocycles. The van der Waals surface area contributed by atoms with E-state index in [1.807, 2.05) is 0 Å². The van der Waals surface area contributed by atoms with Crippen molar-refractivity contribution >= 4 is 32.2 Å². The Morgan fingerprint density at radius 1 is 1.44 bits per heavy atom. The van der Waals surface area contributed by atoms with Crippen molar-refractivity contribution in [1.29, 1.82) is 0 Å². The lowest BCUT2D eigenvalue weighted by molar-refractivity contribution is 0.234. The molecular weight excluding hydrogens is 272 g/mol. The summed E-state index contributed by atoms with van der Waals surface area (Å²) in [6, 6.07) is 0.384. The van der Waals surface area contributed by atoms with Crippen molar-refractivity contribution in [1.82, 2.24) is 9.27 Å². The molecule has 0 amide bonds. The van der Waals surface area contributed by atoms with Crippen LogP contribution in [-0.4, -0.2) is 56.7 Å². The largest absolute Gasteiger partial charge is 0.382 e. The Morgan fingerprint density at radius 3 is 2.67 bits per heavy atom. The molecule has 1 fully saturated rings. The molecule has 1 aliphatic rings. The van der Waals surface area contributed by atoms with Gasteiger partial charge in [-0.3, -0.25) is 0 Å². The summed E-state index contributed by atoms with van der Waals surface area (Å²) in [6.07, 6.45) is 1.18. The molecule has 1 atom stereocenters. The predicted octanol–water partition coefficient (Wildman–Crippen LogP) is 0.269. The fourth-order valence-corrected chi connectivity index (χ4v) is 4.31. The lowest BCUT2D eigenvalue weighted by atomic mass is 10.2. The fourth-order valence-electron chi connectivity index (χ4n) is 2.07. The van der Waals surface area contributed by atoms with Gasteiger partial charge in [-0.1, -0.05) is 0 Å². The Kier molecular flexibility index (Phi) is 3.52. The predicted molar refractivity (Wildman–Crippen MR) is 73.9 cm³/mol. The van der Waals surface area contributed by atoms with Crippen LogP contribution in [0.3, 0.4) is 0 Å². The van der Waals surface area contributed by atoms with E-state index in [-0.39, 0.29) is 10.7 Å². The molecule has 0 spiro atoms. The summed E-state index contributed by atoms with van der Waals surface area (Å²) in [4.78, 5) is 4.50. The third-order valence-corrected chi connectivity index (χ3v) is 5.47. The van der Waals surface area contributed by atoms with Gasteiger partial charge < -0.3 is 15.5 Å². The van der Waals surface area contributed by atoms with E-state index < -0.39 is 9.84 Å². The molecule has 2 rings (SSSR count). The van der Waals surface area contributed by atoms with Gasteiger partial charge in [0.1, 0.15) is 9.90 Å². The van der Waals surface area contributed by atoms with Crippen LogP contribution in [0.15, 0.2) is 4.90 Å². The van der Waals surface area contributed by atoms with Gasteiger partial charge >= 0.3 is 0 Å². The van der Waals surface area contributed by atoms with E-state index in [1.54, 1.807) is 0 Å². The van der Waals surface area contributed by atoms with Crippen LogP contribution < -0.4 is 10.6 Å². The van der Waals surface area contributed by atoms with Crippen molar-refractivity contribution in [2.45, 2.75) is 17.9 Å². The van der Waals surface area contributed by atoms with Crippen LogP contribution in [0.4, 0.5) is 10.8 Å². The van der Waals surface area contributed by atoms with Gasteiger partial charge in [-0.25, -0.2) is 8.42 Å². The average Bonchev–Trinajstić information content (AvgIpc) is 2.64. The lowest BCUT2D eigenvalue weighted by Crippen LogP contribution is -2.50. The Morgan fingerprint density at radius 2 is 2.11 bits per heavy atom. The molecular formula is C10H18N4O2S2. The molecule has 0 radical (unpaired) electrons. The number of hydrogen-bond donors (Lipinski definition) is 1. The Labute approximate surface area is 111 Å². The van der Waals surface area contributed by atoms with Gasteiger partial charge in [0.15, 0.2) is 15.7 Å². The van der Waals surface area contributed by atoms with Gasteiger partial charge in [-0.15, -0.1) is 0 Å². The second kappa shape index (κ2) is 4.67. The van der Waals surface area contributed by atoms with Gasteiger partial charge in [-0.05, 0) is 25.5 Å². The third-order valence-electron chi connectivity index (χ3n) is 3.28. The second-order valence-corrected chi connectivity index (χ2v) is 7.45. The second-order valence-electron chi connectivity index (χ2n) is 4.75. The first kappa shape index (κ1) is 13.6. The molecule has 0 saturated carbocycles. The highest BCUT2D eigenvalue weighted by Crippen LogP contribution is 2.35. The number of rotatable bonds is 2. The number of nitrogens with zero attached hydrogens (tertiary/aromatic N) is 3. The zero-order valence-electron chi connectivity index (χ0n) is 10.8. The molecule has 1 aliphatic heterocycles. The number of nitrogen functional groups attached to an aromatic ring is 1. The third kappa shape index (κ3) is 2.45. The number of aromatic nitrogens is 1. The van der Waals surface area contributed by atoms with Crippen LogP contribution >= 0.6 is 11.5 Å². The first-order valence-corrected chi connectivity index (χ1v) is 8.37. The van der Waals surface area contributed by atoms with Crippen LogP contribution in [0.5, 0.6) is 0 Å². The van der Waals surface area contributed by atoms with Gasteiger partial charge in [0.05, 0.1) is 0 Å². The van der Waals surface area contributed by atoms with Gasteiger partial charge in [-0.2, -0.15) is 4.37 Å². The maximum Gasteiger partial charge on any atom is 0.182 e. The Balaban J connectivity index is 2.35. The number of hydrogen-bond acceptors (Lipinski definition) is 7. The van der Waals surface area contributed by atoms with Crippen LogP contribution in [0.25, 0.3) is 0 Å². The molecule has 0 aromatic carbocycles. The van der Waals surface area contributed by atoms with Gasteiger partial charge in [0, 0.05) is 31.9 Å². The minimum absolute atomic E-state index is 0.115. The first-order chi connectivity index (χ1) is 8.30. The van der Waals surface area contributed by atoms with E-state index in [1.165, 1.54) is 17.8 Å². The molecule has 18 heavy (non-hydrogen) atoms. The summed E-state index contributed by atoms with van der Waals surface area (Å²) in [5.41, 5.74) is 5.68. The van der Waals surface area contributed by atoms with E-state index in [0.29, 0.717) is 11.0 Å². The zero-order chi connectivity index (χ0) is 13.5. The monoisotopic (exact) mass is 290 g/mol. The summed E-state index contributed by atoms with van der Waals surface area (Å²) in [5, 5.41) is 0.676. The van der Waals surface area contributed by atoms with Crippen LogP contribution in [0.2, 0.25) is 0 Å². The highest BCUT2D eigenvalue weighted by molar-refractivity contribution is 7.91. The van der Waals surface area contributed by atoms with Crippen LogP contribution in [0, 0.1) is 0 Å². The van der Waals surface area contributed by atoms with Crippen molar-refractivity contribution in [3.05, 3.63) is 0 Å². The fraction of sp³-hybridized carbons (Fsp3) is 0.700. The molecule has 1 saturated heterocycles. The standard InChI is InChI=1S/C10H18N4O2S2/c1-7-6-14(5-4-13(7)2)10-8(18(3,15)16)9(11)12-17-10/h7H,4-6H2,1-3H3,(H2,11,12). The number of likely N-dealkylation sites (N-methyl/N-ethyl adjacent to an activating group) is 1. The van der Waals surface area contributed by atoms with Crippen LogP contribution in [-0.2, 0) is 9.84 Å². The maximum atomic E-state index is 11.8. The molecule has 0 aliphatic carbocycles. The molecule has 8 heteroatoms. The topological polar surface area (TPSA) is 79.5 Å². The maximum absolute atomic E-state index is 11.8. The Bertz CT molecular complexity index is 540. The molecule has 2 N–H and O–H groups in total. The van der Waals surface area contributed by atoms with Crippen molar-refractivity contribution in [3.8, 4) is 0 Å². The highest BCUT2D eigenvalue weighted by Gasteiger charge is 2.29. The van der Waals surface area contributed by atoms with Crippen molar-refractivity contribution < 1.29 is 8.42 Å². The minimum Gasteiger partial charge on any atom is -0.382 e. The number of sulfone groups is 1. The number of piperazine rings is 1. The smallest absolute Gasteiger partial charge is 0.182 e. The number of anilines is 2. The van der Waals surface area contributed by atoms with Crippen molar-refractivity contribution in [3.63, 3.8) is 0 Å². The summed E-state index contributed by atoms with van der Waals surface area (Å²) in [6.45, 7) is 4.62. The zero-order valence-corrected chi connectivity index (χ0v) is 12.4. The summed E-state index contributed by atoms with van der Waals surface area (Å²) < 4.78 is 27.5. The van der Waals surface area contributed by atoms with Crippen molar-refractivity contribution in [2.24, 2.45) is 0 Å². The summed E-state index contributed by atoms with van der Waals surface area (Å²) >= 11 is 1.17. The van der Waals surface area contributed by atoms with E-state index in [4.69, 9.17) is 5.73 Å². The first-order valence-electron chi connectivity index (χ1n) is 5.71. The molecule has 6 nitrogen and oxygen atoms in total. The molecule has 1 unspecified atom stereocenters. The molecule has 102 valence electrons. The molecule has 0 bridgehead atoms.